The fraction of sp³-hybridized carbons (Fsp3) is 0.0370. The number of allylic oxidation sites excluding steroid dienone is 1. The van der Waals surface area contributed by atoms with Crippen LogP contribution in [-0.4, -0.2) is 18.8 Å². The topological polar surface area (TPSA) is 74.5 Å². The molecule has 2 N–H and O–H groups in total. The molecule has 0 unspecified atom stereocenters. The van der Waals surface area contributed by atoms with E-state index >= 15 is 0 Å². The van der Waals surface area contributed by atoms with Gasteiger partial charge < -0.3 is 9.97 Å². The Hall–Kier alpha value is -4.58. The molecular formula is C27H18N4O2. The monoisotopic (exact) mass is 430 g/mol. The van der Waals surface area contributed by atoms with E-state index in [0.717, 1.165) is 48.9 Å². The normalized spacial score (nSPS) is 13.7. The van der Waals surface area contributed by atoms with E-state index in [4.69, 9.17) is 0 Å². The molecule has 0 aliphatic carbocycles. The van der Waals surface area contributed by atoms with Crippen LogP contribution in [0.15, 0.2) is 70.8 Å². The molecule has 0 spiro atoms. The third-order valence-electron chi connectivity index (χ3n) is 6.71. The Bertz CT molecular complexity index is 2200. The molecule has 0 fully saturated rings. The molecule has 4 heterocycles. The number of hydrogen-bond donors (Lipinski definition) is 2. The highest BCUT2D eigenvalue weighted by molar-refractivity contribution is 6.27. The minimum absolute atomic E-state index is 0.0979. The van der Waals surface area contributed by atoms with Gasteiger partial charge in [0.1, 0.15) is 11.3 Å². The van der Waals surface area contributed by atoms with Gasteiger partial charge in [-0.2, -0.15) is 0 Å². The number of rotatable bonds is 1. The third kappa shape index (κ3) is 2.03. The summed E-state index contributed by atoms with van der Waals surface area (Å²) in [6.45, 7) is 5.71. The van der Waals surface area contributed by atoms with Crippen LogP contribution in [-0.2, 0) is 0 Å². The quantitative estimate of drug-likeness (QED) is 0.392. The molecule has 6 heteroatoms. The zero-order valence-electron chi connectivity index (χ0n) is 17.8. The summed E-state index contributed by atoms with van der Waals surface area (Å²) in [6, 6.07) is 15.4. The molecule has 0 radical (unpaired) electrons. The zero-order valence-corrected chi connectivity index (χ0v) is 17.8. The standard InChI is InChI=1S/C27H18N4O2/c1-3-7-18-20(4-2)30-24(28-18)14-10-13-17-23-15(11-12-16(22(14)23)26(30)32)25-29-19-8-5-6-9-21(19)31(25)27(17)33/h3-13,28-29H,1H2,2H3/b18-7+,20-4+. The first kappa shape index (κ1) is 18.0. The van der Waals surface area contributed by atoms with E-state index in [1.165, 1.54) is 0 Å². The van der Waals surface area contributed by atoms with Gasteiger partial charge in [-0.25, -0.2) is 0 Å². The fourth-order valence-corrected chi connectivity index (χ4v) is 5.38. The van der Waals surface area contributed by atoms with E-state index in [1.807, 2.05) is 67.6 Å². The van der Waals surface area contributed by atoms with E-state index in [1.54, 1.807) is 14.9 Å². The fourth-order valence-electron chi connectivity index (χ4n) is 5.38. The van der Waals surface area contributed by atoms with Crippen LogP contribution in [0.2, 0.25) is 0 Å². The van der Waals surface area contributed by atoms with Crippen LogP contribution in [0.3, 0.4) is 0 Å². The Morgan fingerprint density at radius 1 is 0.788 bits per heavy atom. The van der Waals surface area contributed by atoms with Gasteiger partial charge >= 0.3 is 0 Å². The van der Waals surface area contributed by atoms with Crippen LogP contribution in [0.4, 0.5) is 0 Å². The summed E-state index contributed by atoms with van der Waals surface area (Å²) >= 11 is 0. The number of hydrogen-bond acceptors (Lipinski definition) is 2. The van der Waals surface area contributed by atoms with Crippen molar-refractivity contribution in [3.05, 3.63) is 92.6 Å². The van der Waals surface area contributed by atoms with Gasteiger partial charge in [0.15, 0.2) is 0 Å². The van der Waals surface area contributed by atoms with Crippen LogP contribution >= 0.6 is 0 Å². The van der Waals surface area contributed by atoms with Gasteiger partial charge in [-0.05, 0) is 49.4 Å². The van der Waals surface area contributed by atoms with Crippen LogP contribution in [0.5, 0.6) is 0 Å². The molecule has 3 aromatic carbocycles. The molecular weight excluding hydrogens is 412 g/mol. The summed E-state index contributed by atoms with van der Waals surface area (Å²) in [4.78, 5) is 34.1. The van der Waals surface area contributed by atoms with Crippen molar-refractivity contribution in [3.8, 4) is 0 Å². The Morgan fingerprint density at radius 2 is 1.39 bits per heavy atom. The van der Waals surface area contributed by atoms with E-state index in [-0.39, 0.29) is 11.1 Å². The Morgan fingerprint density at radius 3 is 2.06 bits per heavy atom. The van der Waals surface area contributed by atoms with Crippen molar-refractivity contribution < 1.29 is 0 Å². The first-order valence-corrected chi connectivity index (χ1v) is 10.8. The summed E-state index contributed by atoms with van der Waals surface area (Å²) in [5, 5.41) is 6.22. The molecule has 7 rings (SSSR count). The molecule has 0 aliphatic rings. The van der Waals surface area contributed by atoms with Crippen LogP contribution < -0.4 is 21.8 Å². The van der Waals surface area contributed by atoms with E-state index in [0.29, 0.717) is 16.4 Å². The average Bonchev–Trinajstić information content (AvgIpc) is 3.40. The van der Waals surface area contributed by atoms with Gasteiger partial charge in [-0.3, -0.25) is 18.4 Å². The lowest BCUT2D eigenvalue weighted by Gasteiger charge is -2.12. The Kier molecular flexibility index (Phi) is 3.29. The highest BCUT2D eigenvalue weighted by Crippen LogP contribution is 2.35. The number of aromatic nitrogens is 4. The Balaban J connectivity index is 1.85. The number of nitrogens with one attached hydrogen (secondary N) is 2. The number of nitrogens with zero attached hydrogens (tertiary/aromatic N) is 2. The maximum Gasteiger partial charge on any atom is 0.264 e. The maximum absolute atomic E-state index is 13.7. The van der Waals surface area contributed by atoms with Gasteiger partial charge in [0, 0.05) is 32.3 Å². The summed E-state index contributed by atoms with van der Waals surface area (Å²) in [5.41, 5.74) is 2.96. The van der Waals surface area contributed by atoms with E-state index in [9.17, 15) is 9.59 Å². The average molecular weight is 430 g/mol. The smallest absolute Gasteiger partial charge is 0.264 e. The molecule has 7 aromatic rings. The van der Waals surface area contributed by atoms with Crippen LogP contribution in [0.1, 0.15) is 6.92 Å². The van der Waals surface area contributed by atoms with Crippen LogP contribution in [0.25, 0.3) is 66.8 Å². The largest absolute Gasteiger partial charge is 0.339 e. The molecule has 4 aromatic heterocycles. The first-order chi connectivity index (χ1) is 16.1. The molecule has 0 saturated carbocycles. The molecule has 0 bridgehead atoms. The van der Waals surface area contributed by atoms with Crippen LogP contribution in [0, 0.1) is 0 Å². The predicted molar refractivity (Wildman–Crippen MR) is 135 cm³/mol. The maximum atomic E-state index is 13.7. The van der Waals surface area contributed by atoms with Gasteiger partial charge in [0.05, 0.1) is 21.7 Å². The number of para-hydroxylation sites is 2. The summed E-state index contributed by atoms with van der Waals surface area (Å²) in [5.74, 6) is 0. The lowest BCUT2D eigenvalue weighted by Crippen LogP contribution is -2.32. The summed E-state index contributed by atoms with van der Waals surface area (Å²) < 4.78 is 3.44. The van der Waals surface area contributed by atoms with Crippen molar-refractivity contribution >= 4 is 66.8 Å². The number of fused-ring (bicyclic) bond motifs is 6. The van der Waals surface area contributed by atoms with Crippen molar-refractivity contribution in [1.82, 2.24) is 18.8 Å². The van der Waals surface area contributed by atoms with Crippen molar-refractivity contribution in [3.63, 3.8) is 0 Å². The van der Waals surface area contributed by atoms with Gasteiger partial charge in [-0.1, -0.05) is 30.9 Å². The zero-order chi connectivity index (χ0) is 22.4. The molecule has 33 heavy (non-hydrogen) atoms. The van der Waals surface area contributed by atoms with Crippen molar-refractivity contribution in [2.24, 2.45) is 0 Å². The number of aromatic amines is 2. The molecule has 0 saturated heterocycles. The van der Waals surface area contributed by atoms with Gasteiger partial charge in [0.25, 0.3) is 11.1 Å². The van der Waals surface area contributed by atoms with Gasteiger partial charge in [-0.15, -0.1) is 0 Å². The second-order valence-corrected chi connectivity index (χ2v) is 8.31. The number of benzene rings is 3. The van der Waals surface area contributed by atoms with Crippen molar-refractivity contribution in [2.75, 3.05) is 0 Å². The minimum Gasteiger partial charge on any atom is -0.339 e. The van der Waals surface area contributed by atoms with Gasteiger partial charge in [0.2, 0.25) is 0 Å². The summed E-state index contributed by atoms with van der Waals surface area (Å²) in [6.07, 6.45) is 5.47. The molecule has 0 amide bonds. The molecule has 158 valence electrons. The Labute approximate surface area is 185 Å². The third-order valence-corrected chi connectivity index (χ3v) is 6.71. The SMILES string of the molecule is C=C/C=c1/[nH]c2c3ccc4c(=O)n5c6ccccc6[nH]c5c5ccc(c(=O)n2/c1=C/C)c3c45. The van der Waals surface area contributed by atoms with Crippen molar-refractivity contribution in [2.45, 2.75) is 6.92 Å². The highest BCUT2D eigenvalue weighted by atomic mass is 16.1. The highest BCUT2D eigenvalue weighted by Gasteiger charge is 2.20. The molecule has 6 nitrogen and oxygen atoms in total. The summed E-state index contributed by atoms with van der Waals surface area (Å²) in [7, 11) is 0. The number of H-pyrrole nitrogens is 2. The first-order valence-electron chi connectivity index (χ1n) is 10.8. The second-order valence-electron chi connectivity index (χ2n) is 8.31. The lowest BCUT2D eigenvalue weighted by atomic mass is 9.96. The number of pyridine rings is 2. The number of imidazole rings is 2. The molecule has 0 aliphatic heterocycles. The van der Waals surface area contributed by atoms with E-state index < -0.39 is 0 Å². The minimum atomic E-state index is -0.114. The second kappa shape index (κ2) is 6.01. The van der Waals surface area contributed by atoms with E-state index in [2.05, 4.69) is 16.5 Å². The van der Waals surface area contributed by atoms with Crippen molar-refractivity contribution in [1.29, 1.82) is 0 Å². The predicted octanol–water partition coefficient (Wildman–Crippen LogP) is 3.39. The lowest BCUT2D eigenvalue weighted by molar-refractivity contribution is 1.09. The molecule has 0 atom stereocenters.